The van der Waals surface area contributed by atoms with E-state index in [-0.39, 0.29) is 11.5 Å². The summed E-state index contributed by atoms with van der Waals surface area (Å²) in [6.07, 6.45) is 22.5. The van der Waals surface area contributed by atoms with Crippen LogP contribution in [0.15, 0.2) is 48.5 Å². The fourth-order valence-electron chi connectivity index (χ4n) is 5.24. The highest BCUT2D eigenvalue weighted by Crippen LogP contribution is 2.21. The molecular formula is C34H54NO2+. The van der Waals surface area contributed by atoms with Gasteiger partial charge in [0.2, 0.25) is 0 Å². The Morgan fingerprint density at radius 2 is 1.11 bits per heavy atom. The monoisotopic (exact) mass is 508 g/mol. The van der Waals surface area contributed by atoms with Crippen molar-refractivity contribution in [1.29, 1.82) is 0 Å². The molecule has 0 bridgehead atoms. The van der Waals surface area contributed by atoms with E-state index in [0.29, 0.717) is 11.1 Å². The molecule has 0 unspecified atom stereocenters. The molecule has 0 aliphatic rings. The second-order valence-electron chi connectivity index (χ2n) is 11.7. The van der Waals surface area contributed by atoms with E-state index in [1.165, 1.54) is 115 Å². The molecule has 3 nitrogen and oxygen atoms in total. The number of unbranched alkanes of at least 4 members (excludes halogenated alkanes) is 15. The first-order valence-corrected chi connectivity index (χ1v) is 15.2. The average molecular weight is 509 g/mol. The Morgan fingerprint density at radius 3 is 1.59 bits per heavy atom. The van der Waals surface area contributed by atoms with Crippen LogP contribution in [0, 0.1) is 0 Å². The molecule has 3 heteroatoms. The van der Waals surface area contributed by atoms with Crippen LogP contribution in [-0.4, -0.2) is 36.0 Å². The van der Waals surface area contributed by atoms with Crippen molar-refractivity contribution in [1.82, 2.24) is 0 Å². The van der Waals surface area contributed by atoms with E-state index >= 15 is 0 Å². The summed E-state index contributed by atoms with van der Waals surface area (Å²) in [7, 11) is 4.60. The van der Waals surface area contributed by atoms with Crippen LogP contribution >= 0.6 is 0 Å². The lowest BCUT2D eigenvalue weighted by Crippen LogP contribution is -2.39. The molecule has 0 radical (unpaired) electrons. The molecule has 0 fully saturated rings. The minimum atomic E-state index is -0.133. The van der Waals surface area contributed by atoms with Gasteiger partial charge in [0.1, 0.15) is 12.3 Å². The van der Waals surface area contributed by atoms with Gasteiger partial charge in [-0.15, -0.1) is 0 Å². The fourth-order valence-corrected chi connectivity index (χ4v) is 5.24. The van der Waals surface area contributed by atoms with Crippen LogP contribution in [0.1, 0.15) is 131 Å². The summed E-state index contributed by atoms with van der Waals surface area (Å²) < 4.78 is 0.964. The second-order valence-corrected chi connectivity index (χ2v) is 11.7. The Balaban J connectivity index is 1.51. The molecule has 0 amide bonds. The number of quaternary nitrogens is 1. The molecule has 0 spiro atoms. The van der Waals surface area contributed by atoms with Gasteiger partial charge in [-0.05, 0) is 25.0 Å². The van der Waals surface area contributed by atoms with Crippen LogP contribution in [0.25, 0.3) is 0 Å². The van der Waals surface area contributed by atoms with Gasteiger partial charge in [-0.3, -0.25) is 4.79 Å². The molecule has 0 aliphatic carbocycles. The Kier molecular flexibility index (Phi) is 15.3. The number of hydrogen-bond donors (Lipinski definition) is 1. The van der Waals surface area contributed by atoms with E-state index in [9.17, 15) is 9.90 Å². The van der Waals surface area contributed by atoms with Crippen LogP contribution in [0.2, 0.25) is 0 Å². The van der Waals surface area contributed by atoms with Crippen molar-refractivity contribution >= 4 is 5.78 Å². The maximum absolute atomic E-state index is 12.7. The van der Waals surface area contributed by atoms with Gasteiger partial charge >= 0.3 is 0 Å². The van der Waals surface area contributed by atoms with Crippen molar-refractivity contribution < 1.29 is 14.4 Å². The minimum Gasteiger partial charge on any atom is -0.507 e. The third-order valence-electron chi connectivity index (χ3n) is 7.59. The van der Waals surface area contributed by atoms with Crippen molar-refractivity contribution in [2.24, 2.45) is 0 Å². The maximum Gasteiger partial charge on any atom is 0.196 e. The van der Waals surface area contributed by atoms with Crippen molar-refractivity contribution in [3.8, 4) is 5.75 Å². The second kappa shape index (κ2) is 18.2. The van der Waals surface area contributed by atoms with Gasteiger partial charge < -0.3 is 9.59 Å². The quantitative estimate of drug-likeness (QED) is 0.104. The number of ketones is 1. The first-order chi connectivity index (χ1) is 17.9. The summed E-state index contributed by atoms with van der Waals surface area (Å²) >= 11 is 0. The van der Waals surface area contributed by atoms with Crippen LogP contribution in [0.3, 0.4) is 0 Å². The molecule has 1 N–H and O–H groups in total. The molecule has 0 saturated carbocycles. The summed E-state index contributed by atoms with van der Waals surface area (Å²) in [6, 6.07) is 14.6. The predicted molar refractivity (Wildman–Crippen MR) is 158 cm³/mol. The van der Waals surface area contributed by atoms with Gasteiger partial charge in [0.15, 0.2) is 5.78 Å². The molecule has 2 aromatic rings. The highest BCUT2D eigenvalue weighted by atomic mass is 16.3. The molecule has 2 rings (SSSR count). The molecule has 0 heterocycles. The number of benzene rings is 2. The highest BCUT2D eigenvalue weighted by molar-refractivity contribution is 6.10. The topological polar surface area (TPSA) is 37.3 Å². The SMILES string of the molecule is CCCCCCCCCCCCCCCCCC[N+](C)(C)Cc1ccc(C(=O)c2ccccc2O)cc1. The molecule has 2 aromatic carbocycles. The maximum atomic E-state index is 12.7. The number of phenols is 1. The number of aromatic hydroxyl groups is 1. The van der Waals surface area contributed by atoms with Gasteiger partial charge in [-0.25, -0.2) is 0 Å². The van der Waals surface area contributed by atoms with Gasteiger partial charge in [-0.2, -0.15) is 0 Å². The smallest absolute Gasteiger partial charge is 0.196 e. The summed E-state index contributed by atoms with van der Waals surface area (Å²) in [5.41, 5.74) is 2.22. The largest absolute Gasteiger partial charge is 0.507 e. The Labute approximate surface area is 227 Å². The molecular weight excluding hydrogens is 454 g/mol. The third-order valence-corrected chi connectivity index (χ3v) is 7.59. The molecule has 37 heavy (non-hydrogen) atoms. The number of hydrogen-bond acceptors (Lipinski definition) is 2. The van der Waals surface area contributed by atoms with Crippen LogP contribution in [-0.2, 0) is 6.54 Å². The molecule has 206 valence electrons. The van der Waals surface area contributed by atoms with Gasteiger partial charge in [0.05, 0.1) is 26.2 Å². The molecule has 0 aromatic heterocycles. The van der Waals surface area contributed by atoms with E-state index in [1.807, 2.05) is 12.1 Å². The highest BCUT2D eigenvalue weighted by Gasteiger charge is 2.17. The van der Waals surface area contributed by atoms with Gasteiger partial charge in [-0.1, -0.05) is 133 Å². The summed E-state index contributed by atoms with van der Waals surface area (Å²) in [5.74, 6) is -0.0975. The summed E-state index contributed by atoms with van der Waals surface area (Å²) in [5, 5.41) is 9.96. The molecule has 0 saturated heterocycles. The number of carbonyl (C=O) groups excluding carboxylic acids is 1. The summed E-state index contributed by atoms with van der Waals surface area (Å²) in [4.78, 5) is 12.7. The number of nitrogens with zero attached hydrogens (tertiary/aromatic N) is 1. The lowest BCUT2D eigenvalue weighted by molar-refractivity contribution is -0.903. The number of rotatable bonds is 21. The Morgan fingerprint density at radius 1 is 0.649 bits per heavy atom. The normalized spacial score (nSPS) is 11.6. The van der Waals surface area contributed by atoms with Crippen molar-refractivity contribution in [2.75, 3.05) is 20.6 Å². The Bertz CT molecular complexity index is 872. The Hall–Kier alpha value is -2.13. The lowest BCUT2D eigenvalue weighted by atomic mass is 10.0. The first kappa shape index (κ1) is 31.1. The third kappa shape index (κ3) is 13.3. The van der Waals surface area contributed by atoms with Crippen molar-refractivity contribution in [3.63, 3.8) is 0 Å². The zero-order valence-corrected chi connectivity index (χ0v) is 24.1. The van der Waals surface area contributed by atoms with E-state index in [1.54, 1.807) is 24.3 Å². The average Bonchev–Trinajstić information content (AvgIpc) is 2.88. The van der Waals surface area contributed by atoms with E-state index in [2.05, 4.69) is 33.2 Å². The number of carbonyl (C=O) groups is 1. The molecule has 0 aliphatic heterocycles. The fraction of sp³-hybridized carbons (Fsp3) is 0.618. The van der Waals surface area contributed by atoms with Crippen LogP contribution in [0.4, 0.5) is 0 Å². The van der Waals surface area contributed by atoms with Crippen LogP contribution in [0.5, 0.6) is 5.75 Å². The zero-order chi connectivity index (χ0) is 26.8. The summed E-state index contributed by atoms with van der Waals surface area (Å²) in [6.45, 7) is 4.43. The van der Waals surface area contributed by atoms with E-state index in [0.717, 1.165) is 11.0 Å². The number of para-hydroxylation sites is 1. The van der Waals surface area contributed by atoms with Crippen molar-refractivity contribution in [2.45, 2.75) is 116 Å². The lowest BCUT2D eigenvalue weighted by Gasteiger charge is -2.30. The van der Waals surface area contributed by atoms with Crippen molar-refractivity contribution in [3.05, 3.63) is 65.2 Å². The minimum absolute atomic E-state index is 0.0354. The van der Waals surface area contributed by atoms with Crippen LogP contribution < -0.4 is 0 Å². The zero-order valence-electron chi connectivity index (χ0n) is 24.1. The number of phenolic OH excluding ortho intramolecular Hbond substituents is 1. The van der Waals surface area contributed by atoms with E-state index in [4.69, 9.17) is 0 Å². The van der Waals surface area contributed by atoms with E-state index < -0.39 is 0 Å². The molecule has 0 atom stereocenters. The standard InChI is InChI=1S/C34H53NO2/c1-4-5-6-7-8-9-10-11-12-13-14-15-16-17-18-21-28-35(2,3)29-30-24-26-31(27-25-30)34(37)32-22-19-20-23-33(32)36/h19-20,22-27H,4-18,21,28-29H2,1-3H3/p+1. The van der Waals surface area contributed by atoms with Gasteiger partial charge in [0.25, 0.3) is 0 Å². The predicted octanol–water partition coefficient (Wildman–Crippen LogP) is 9.46. The first-order valence-electron chi connectivity index (χ1n) is 15.2. The van der Waals surface area contributed by atoms with Gasteiger partial charge in [0, 0.05) is 11.1 Å².